The van der Waals surface area contributed by atoms with Gasteiger partial charge in [-0.25, -0.2) is 14.6 Å². The van der Waals surface area contributed by atoms with E-state index in [9.17, 15) is 4.79 Å². The van der Waals surface area contributed by atoms with Gasteiger partial charge >= 0.3 is 0 Å². The van der Waals surface area contributed by atoms with Gasteiger partial charge in [0.05, 0.1) is 30.0 Å². The molecule has 0 saturated heterocycles. The summed E-state index contributed by atoms with van der Waals surface area (Å²) in [5.41, 5.74) is 2.37. The molecule has 0 fully saturated rings. The van der Waals surface area contributed by atoms with E-state index in [2.05, 4.69) is 15.1 Å². The molecule has 0 N–H and O–H groups in total. The number of carbonyl (C=O) groups is 1. The molecule has 0 bridgehead atoms. The highest BCUT2D eigenvalue weighted by Crippen LogP contribution is 2.21. The number of aromatic nitrogens is 4. The number of hydrogen-bond acceptors (Lipinski definition) is 5. The van der Waals surface area contributed by atoms with Crippen molar-refractivity contribution in [2.75, 3.05) is 24.0 Å². The quantitative estimate of drug-likeness (QED) is 0.844. The van der Waals surface area contributed by atoms with Crippen LogP contribution in [0.4, 0.5) is 5.69 Å². The third kappa shape index (κ3) is 3.41. The van der Waals surface area contributed by atoms with Gasteiger partial charge in [-0.1, -0.05) is 6.92 Å². The Morgan fingerprint density at radius 2 is 2.10 bits per heavy atom. The second-order valence-electron chi connectivity index (χ2n) is 4.89. The van der Waals surface area contributed by atoms with Gasteiger partial charge < -0.3 is 4.90 Å². The molecule has 0 saturated carbocycles. The van der Waals surface area contributed by atoms with Gasteiger partial charge in [0.15, 0.2) is 0 Å². The third-order valence-corrected chi connectivity index (χ3v) is 4.05. The summed E-state index contributed by atoms with van der Waals surface area (Å²) in [6, 6.07) is 0. The van der Waals surface area contributed by atoms with Crippen molar-refractivity contribution in [3.05, 3.63) is 30.6 Å². The lowest BCUT2D eigenvalue weighted by molar-refractivity contribution is -0.120. The smallest absolute Gasteiger partial charge is 0.230 e. The molecule has 2 aromatic heterocycles. The summed E-state index contributed by atoms with van der Waals surface area (Å²) < 4.78 is 1.69. The first-order valence-electron chi connectivity index (χ1n) is 6.62. The fraction of sp³-hybridized carbons (Fsp3) is 0.429. The molecule has 1 amide bonds. The molecule has 21 heavy (non-hydrogen) atoms. The Morgan fingerprint density at radius 1 is 1.43 bits per heavy atom. The fourth-order valence-corrected chi connectivity index (χ4v) is 2.74. The van der Waals surface area contributed by atoms with Crippen LogP contribution in [-0.2, 0) is 4.79 Å². The van der Waals surface area contributed by atoms with Crippen molar-refractivity contribution in [1.82, 2.24) is 19.7 Å². The monoisotopic (exact) mass is 305 g/mol. The van der Waals surface area contributed by atoms with Crippen molar-refractivity contribution in [3.8, 4) is 5.69 Å². The number of rotatable bonds is 5. The number of thioether (sulfide) groups is 1. The van der Waals surface area contributed by atoms with Crippen molar-refractivity contribution < 1.29 is 4.79 Å². The lowest BCUT2D eigenvalue weighted by atomic mass is 10.2. The summed E-state index contributed by atoms with van der Waals surface area (Å²) in [5, 5.41) is 4.43. The van der Waals surface area contributed by atoms with E-state index in [-0.39, 0.29) is 11.8 Å². The standard InChI is InChI=1S/C14H19N5OS/c1-10(8-21-4)14(20)18(3)13-7-19(17-11(13)2)12-5-15-9-16-6-12/h5-7,9-10H,8H2,1-4H3. The minimum absolute atomic E-state index is 0.0205. The van der Waals surface area contributed by atoms with Gasteiger partial charge in [0, 0.05) is 18.7 Å². The van der Waals surface area contributed by atoms with Gasteiger partial charge in [0.2, 0.25) is 5.91 Å². The summed E-state index contributed by atoms with van der Waals surface area (Å²) in [7, 11) is 1.79. The molecule has 1 unspecified atom stereocenters. The van der Waals surface area contributed by atoms with E-state index in [1.165, 1.54) is 6.33 Å². The van der Waals surface area contributed by atoms with E-state index >= 15 is 0 Å². The van der Waals surface area contributed by atoms with Gasteiger partial charge in [-0.05, 0) is 13.2 Å². The molecule has 0 aliphatic heterocycles. The summed E-state index contributed by atoms with van der Waals surface area (Å²) in [5.74, 6) is 0.882. The Labute approximate surface area is 128 Å². The van der Waals surface area contributed by atoms with Crippen LogP contribution in [-0.4, -0.2) is 44.7 Å². The molecule has 0 spiro atoms. The largest absolute Gasteiger partial charge is 0.312 e. The maximum absolute atomic E-state index is 12.4. The highest BCUT2D eigenvalue weighted by atomic mass is 32.2. The van der Waals surface area contributed by atoms with Crippen molar-refractivity contribution in [1.29, 1.82) is 0 Å². The highest BCUT2D eigenvalue weighted by Gasteiger charge is 2.21. The lowest BCUT2D eigenvalue weighted by Gasteiger charge is -2.20. The minimum Gasteiger partial charge on any atom is -0.312 e. The van der Waals surface area contributed by atoms with Crippen LogP contribution < -0.4 is 4.90 Å². The molecule has 7 heteroatoms. The van der Waals surface area contributed by atoms with E-state index in [1.54, 1.807) is 40.8 Å². The average Bonchev–Trinajstić information content (AvgIpc) is 2.89. The zero-order valence-corrected chi connectivity index (χ0v) is 13.5. The number of nitrogens with zero attached hydrogens (tertiary/aromatic N) is 5. The van der Waals surface area contributed by atoms with Crippen LogP contribution in [0.1, 0.15) is 12.6 Å². The first-order valence-corrected chi connectivity index (χ1v) is 8.02. The predicted octanol–water partition coefficient (Wildman–Crippen LogP) is 1.93. The third-order valence-electron chi connectivity index (χ3n) is 3.21. The van der Waals surface area contributed by atoms with Gasteiger partial charge in [-0.3, -0.25) is 4.79 Å². The molecule has 0 aliphatic rings. The molecule has 112 valence electrons. The van der Waals surface area contributed by atoms with Crippen molar-refractivity contribution in [2.45, 2.75) is 13.8 Å². The average molecular weight is 305 g/mol. The summed E-state index contributed by atoms with van der Waals surface area (Å²) in [4.78, 5) is 22.0. The van der Waals surface area contributed by atoms with E-state index in [0.717, 1.165) is 22.8 Å². The zero-order chi connectivity index (χ0) is 15.4. The minimum atomic E-state index is -0.0205. The summed E-state index contributed by atoms with van der Waals surface area (Å²) in [6.07, 6.45) is 8.67. The van der Waals surface area contributed by atoms with Gasteiger partial charge in [-0.2, -0.15) is 16.9 Å². The highest BCUT2D eigenvalue weighted by molar-refractivity contribution is 7.98. The second-order valence-corrected chi connectivity index (χ2v) is 5.81. The van der Waals surface area contributed by atoms with Crippen LogP contribution >= 0.6 is 11.8 Å². The molecule has 6 nitrogen and oxygen atoms in total. The van der Waals surface area contributed by atoms with E-state index in [0.29, 0.717) is 0 Å². The van der Waals surface area contributed by atoms with Gasteiger partial charge in [0.25, 0.3) is 0 Å². The molecule has 2 rings (SSSR count). The van der Waals surface area contributed by atoms with Crippen LogP contribution in [0.25, 0.3) is 5.69 Å². The first-order chi connectivity index (χ1) is 10.0. The second kappa shape index (κ2) is 6.71. The number of amides is 1. The summed E-state index contributed by atoms with van der Waals surface area (Å²) in [6.45, 7) is 3.83. The number of anilines is 1. The predicted molar refractivity (Wildman–Crippen MR) is 84.8 cm³/mol. The van der Waals surface area contributed by atoms with Crippen LogP contribution in [0, 0.1) is 12.8 Å². The summed E-state index contributed by atoms with van der Waals surface area (Å²) >= 11 is 1.67. The molecule has 0 radical (unpaired) electrons. The van der Waals surface area contributed by atoms with E-state index in [4.69, 9.17) is 0 Å². The number of aryl methyl sites for hydroxylation is 1. The van der Waals surface area contributed by atoms with Gasteiger partial charge in [-0.15, -0.1) is 0 Å². The lowest BCUT2D eigenvalue weighted by Crippen LogP contribution is -2.32. The molecular weight excluding hydrogens is 286 g/mol. The molecule has 2 heterocycles. The molecule has 0 aliphatic carbocycles. The van der Waals surface area contributed by atoms with Gasteiger partial charge in [0.1, 0.15) is 12.0 Å². The first kappa shape index (κ1) is 15.5. The molecule has 1 atom stereocenters. The SMILES string of the molecule is CSCC(C)C(=O)N(C)c1cn(-c2cncnc2)nc1C. The van der Waals surface area contributed by atoms with Crippen molar-refractivity contribution in [3.63, 3.8) is 0 Å². The Kier molecular flexibility index (Phi) is 4.95. The maximum Gasteiger partial charge on any atom is 0.230 e. The van der Waals surface area contributed by atoms with Crippen molar-refractivity contribution in [2.24, 2.45) is 5.92 Å². The van der Waals surface area contributed by atoms with Crippen molar-refractivity contribution >= 4 is 23.4 Å². The Morgan fingerprint density at radius 3 is 2.71 bits per heavy atom. The Bertz CT molecular complexity index is 613. The molecular formula is C14H19N5OS. The molecule has 2 aromatic rings. The maximum atomic E-state index is 12.4. The number of hydrogen-bond donors (Lipinski definition) is 0. The van der Waals surface area contributed by atoms with Crippen LogP contribution in [0.15, 0.2) is 24.9 Å². The molecule has 0 aromatic carbocycles. The normalized spacial score (nSPS) is 12.2. The van der Waals surface area contributed by atoms with Crippen LogP contribution in [0.2, 0.25) is 0 Å². The topological polar surface area (TPSA) is 63.9 Å². The fourth-order valence-electron chi connectivity index (χ4n) is 2.09. The van der Waals surface area contributed by atoms with Crippen LogP contribution in [0.3, 0.4) is 0 Å². The van der Waals surface area contributed by atoms with E-state index in [1.807, 2.05) is 26.3 Å². The Balaban J connectivity index is 2.25. The van der Waals surface area contributed by atoms with E-state index < -0.39 is 0 Å². The number of carbonyl (C=O) groups excluding carboxylic acids is 1. The Hall–Kier alpha value is -1.89. The van der Waals surface area contributed by atoms with Crippen LogP contribution in [0.5, 0.6) is 0 Å². The zero-order valence-electron chi connectivity index (χ0n) is 12.6.